The maximum absolute atomic E-state index is 13.1. The van der Waals surface area contributed by atoms with Crippen molar-refractivity contribution in [3.05, 3.63) is 57.5 Å². The summed E-state index contributed by atoms with van der Waals surface area (Å²) in [5.41, 5.74) is -2.41. The average molecular weight is 539 g/mol. The summed E-state index contributed by atoms with van der Waals surface area (Å²) in [6, 6.07) is 5.26. The van der Waals surface area contributed by atoms with E-state index in [1.54, 1.807) is 0 Å². The van der Waals surface area contributed by atoms with Crippen LogP contribution in [0.3, 0.4) is 0 Å². The van der Waals surface area contributed by atoms with Crippen LogP contribution in [0.15, 0.2) is 29.1 Å². The third kappa shape index (κ3) is 5.48. The van der Waals surface area contributed by atoms with Crippen LogP contribution < -0.4 is 16.2 Å². The fraction of sp³-hybridized carbons (Fsp3) is 0.458. The molecule has 0 atom stereocenters. The summed E-state index contributed by atoms with van der Waals surface area (Å²) in [6.45, 7) is -1.55. The van der Waals surface area contributed by atoms with Crippen LogP contribution in [0.25, 0.3) is 0 Å². The molecule has 5 rings (SSSR count). The third-order valence-electron chi connectivity index (χ3n) is 6.86. The Labute approximate surface area is 213 Å². The van der Waals surface area contributed by atoms with E-state index in [9.17, 15) is 41.8 Å². The third-order valence-corrected chi connectivity index (χ3v) is 6.86. The van der Waals surface area contributed by atoms with Gasteiger partial charge in [0.25, 0.3) is 11.5 Å². The average Bonchev–Trinajstić information content (AvgIpc) is 3.10. The number of fused-ring (bicyclic) bond motifs is 2. The number of hydrogen-bond acceptors (Lipinski definition) is 6. The smallest absolute Gasteiger partial charge is 0.406 e. The number of carbonyl (C=O) groups is 3. The van der Waals surface area contributed by atoms with Crippen LogP contribution in [0.2, 0.25) is 0 Å². The van der Waals surface area contributed by atoms with Gasteiger partial charge in [-0.05, 0) is 49.3 Å². The molecule has 3 N–H and O–H groups in total. The second-order valence-electron chi connectivity index (χ2n) is 9.61. The molecule has 2 bridgehead atoms. The predicted molar refractivity (Wildman–Crippen MR) is 123 cm³/mol. The Morgan fingerprint density at radius 2 is 1.82 bits per heavy atom. The zero-order valence-electron chi connectivity index (χ0n) is 20.3. The monoisotopic (exact) mass is 539 g/mol. The summed E-state index contributed by atoms with van der Waals surface area (Å²) in [5.74, 6) is -5.10. The summed E-state index contributed by atoms with van der Waals surface area (Å²) < 4.78 is 52.5. The number of aromatic hydroxyl groups is 1. The molecule has 38 heavy (non-hydrogen) atoms. The van der Waals surface area contributed by atoms with Crippen LogP contribution in [-0.4, -0.2) is 57.0 Å². The Balaban J connectivity index is 1.65. The molecule has 10 nitrogen and oxygen atoms in total. The number of nitrogens with one attached hydrogen (secondary N) is 2. The fourth-order valence-electron chi connectivity index (χ4n) is 4.91. The Bertz CT molecular complexity index is 1320. The molecular formula is C24H25F4N5O5. The zero-order valence-corrected chi connectivity index (χ0v) is 20.3. The Kier molecular flexibility index (Phi) is 7.17. The minimum absolute atomic E-state index is 0.0121. The fourth-order valence-corrected chi connectivity index (χ4v) is 4.91. The van der Waals surface area contributed by atoms with Crippen LogP contribution in [0.4, 0.5) is 17.6 Å². The number of likely N-dealkylation sites (N-methyl/N-ethyl adjacent to an activating group) is 1. The molecule has 1 saturated carbocycles. The number of hydrogen-bond donors (Lipinski definition) is 3. The van der Waals surface area contributed by atoms with Gasteiger partial charge >= 0.3 is 18.0 Å². The normalized spacial score (nSPS) is 20.3. The Morgan fingerprint density at radius 1 is 1.18 bits per heavy atom. The highest BCUT2D eigenvalue weighted by atomic mass is 19.4. The summed E-state index contributed by atoms with van der Waals surface area (Å²) >= 11 is 0. The highest BCUT2D eigenvalue weighted by molar-refractivity contribution is 6.35. The predicted octanol–water partition coefficient (Wildman–Crippen LogP) is 1.55. The summed E-state index contributed by atoms with van der Waals surface area (Å²) in [7, 11) is 0.843. The number of halogens is 4. The van der Waals surface area contributed by atoms with Crippen molar-refractivity contribution >= 4 is 17.7 Å². The molecule has 1 fully saturated rings. The quantitative estimate of drug-likeness (QED) is 0.390. The topological polar surface area (TPSA) is 134 Å². The van der Waals surface area contributed by atoms with Gasteiger partial charge in [-0.15, -0.1) is 0 Å². The standard InChI is InChI=1S/C24H25F4N5O5/c1-32(12-24(26,27)28)21(38)19(36)31-23-8-6-14(7-9-23)11-33-20(37)17(34)16(30-22(23)33)18(35)29-10-13-2-4-15(25)5-3-13/h2-5,14,34H,6-12H2,1H3,(H,29,35)(H,31,36). The first-order valence-electron chi connectivity index (χ1n) is 11.8. The summed E-state index contributed by atoms with van der Waals surface area (Å²) in [6.07, 6.45) is -3.27. The van der Waals surface area contributed by atoms with Crippen molar-refractivity contribution in [3.63, 3.8) is 0 Å². The summed E-state index contributed by atoms with van der Waals surface area (Å²) in [4.78, 5) is 55.6. The number of amides is 3. The number of alkyl halides is 3. The van der Waals surface area contributed by atoms with Gasteiger partial charge in [-0.1, -0.05) is 12.1 Å². The molecule has 204 valence electrons. The number of benzene rings is 1. The van der Waals surface area contributed by atoms with E-state index in [0.29, 0.717) is 18.4 Å². The van der Waals surface area contributed by atoms with E-state index >= 15 is 0 Å². The molecule has 0 unspecified atom stereocenters. The van der Waals surface area contributed by atoms with Gasteiger partial charge in [0.05, 0.1) is 5.54 Å². The lowest BCUT2D eigenvalue weighted by molar-refractivity contribution is -0.163. The van der Waals surface area contributed by atoms with Crippen molar-refractivity contribution in [2.45, 2.75) is 50.5 Å². The van der Waals surface area contributed by atoms with Gasteiger partial charge < -0.3 is 20.6 Å². The highest BCUT2D eigenvalue weighted by Gasteiger charge is 2.47. The Morgan fingerprint density at radius 3 is 2.42 bits per heavy atom. The lowest BCUT2D eigenvalue weighted by Gasteiger charge is -2.37. The van der Waals surface area contributed by atoms with Crippen LogP contribution in [0.5, 0.6) is 5.75 Å². The van der Waals surface area contributed by atoms with Gasteiger partial charge in [-0.25, -0.2) is 9.37 Å². The molecule has 1 aromatic heterocycles. The van der Waals surface area contributed by atoms with E-state index in [2.05, 4.69) is 15.6 Å². The van der Waals surface area contributed by atoms with E-state index in [-0.39, 0.29) is 42.6 Å². The molecular weight excluding hydrogens is 514 g/mol. The maximum Gasteiger partial charge on any atom is 0.406 e. The van der Waals surface area contributed by atoms with Gasteiger partial charge in [0.1, 0.15) is 18.2 Å². The zero-order chi connectivity index (χ0) is 27.8. The van der Waals surface area contributed by atoms with Crippen molar-refractivity contribution in [2.75, 3.05) is 13.6 Å². The lowest BCUT2D eigenvalue weighted by atomic mass is 9.77. The lowest BCUT2D eigenvalue weighted by Crippen LogP contribution is -2.54. The molecule has 1 aromatic carbocycles. The minimum Gasteiger partial charge on any atom is -0.501 e. The van der Waals surface area contributed by atoms with Crippen LogP contribution in [-0.2, 0) is 28.2 Å². The first-order chi connectivity index (χ1) is 17.8. The molecule has 2 aliphatic heterocycles. The first kappa shape index (κ1) is 27.1. The highest BCUT2D eigenvalue weighted by Crippen LogP contribution is 2.43. The van der Waals surface area contributed by atoms with Crippen LogP contribution in [0.1, 0.15) is 47.6 Å². The van der Waals surface area contributed by atoms with Crippen molar-refractivity contribution in [3.8, 4) is 5.75 Å². The number of aromatic nitrogens is 2. The number of rotatable bonds is 5. The second kappa shape index (κ2) is 10.1. The molecule has 1 aliphatic carbocycles. The van der Waals surface area contributed by atoms with Crippen molar-refractivity contribution in [1.29, 1.82) is 0 Å². The van der Waals surface area contributed by atoms with Crippen molar-refractivity contribution in [2.24, 2.45) is 5.92 Å². The molecule has 0 spiro atoms. The number of nitrogens with zero attached hydrogens (tertiary/aromatic N) is 3. The van der Waals surface area contributed by atoms with Crippen molar-refractivity contribution in [1.82, 2.24) is 25.1 Å². The van der Waals surface area contributed by atoms with Gasteiger partial charge in [0, 0.05) is 20.1 Å². The van der Waals surface area contributed by atoms with Crippen molar-refractivity contribution < 1.29 is 37.1 Å². The summed E-state index contributed by atoms with van der Waals surface area (Å²) in [5, 5.41) is 15.5. The Hall–Kier alpha value is -3.97. The second-order valence-corrected chi connectivity index (χ2v) is 9.61. The van der Waals surface area contributed by atoms with Crippen LogP contribution >= 0.6 is 0 Å². The molecule has 0 radical (unpaired) electrons. The molecule has 0 saturated heterocycles. The van der Waals surface area contributed by atoms with Gasteiger partial charge in [-0.2, -0.15) is 13.2 Å². The molecule has 3 heterocycles. The first-order valence-corrected chi connectivity index (χ1v) is 11.8. The largest absolute Gasteiger partial charge is 0.501 e. The molecule has 14 heteroatoms. The minimum atomic E-state index is -4.71. The molecule has 2 aromatic rings. The number of carbonyl (C=O) groups excluding carboxylic acids is 3. The van der Waals surface area contributed by atoms with Gasteiger partial charge in [-0.3, -0.25) is 23.7 Å². The van der Waals surface area contributed by atoms with E-state index < -0.39 is 58.8 Å². The maximum atomic E-state index is 13.1. The van der Waals surface area contributed by atoms with Gasteiger partial charge in [0.15, 0.2) is 5.69 Å². The van der Waals surface area contributed by atoms with E-state index in [1.165, 1.54) is 24.3 Å². The molecule has 3 aliphatic rings. The SMILES string of the molecule is CN(CC(F)(F)F)C(=O)C(=O)NC12CCC(CC1)Cn1c2nc(C(=O)NCc2ccc(F)cc2)c(O)c1=O. The molecule has 3 amide bonds. The van der Waals surface area contributed by atoms with E-state index in [0.717, 1.165) is 11.6 Å². The van der Waals surface area contributed by atoms with E-state index in [1.807, 2.05) is 0 Å². The van der Waals surface area contributed by atoms with Crippen LogP contribution in [0, 0.1) is 11.7 Å². The van der Waals surface area contributed by atoms with Gasteiger partial charge in [0.2, 0.25) is 5.75 Å². The van der Waals surface area contributed by atoms with E-state index in [4.69, 9.17) is 0 Å².